The molecule has 1 aromatic rings. The van der Waals surface area contributed by atoms with Crippen molar-refractivity contribution in [1.29, 1.82) is 0 Å². The lowest BCUT2D eigenvalue weighted by atomic mass is 9.95. The first-order chi connectivity index (χ1) is 9.45. The number of nitrogens with zero attached hydrogens (tertiary/aromatic N) is 2. The average Bonchev–Trinajstić information content (AvgIpc) is 2.90. The van der Waals surface area contributed by atoms with Crippen LogP contribution in [0, 0.1) is 5.92 Å². The Hall–Kier alpha value is -1.89. The molecule has 3 unspecified atom stereocenters. The minimum atomic E-state index is -1.02. The quantitative estimate of drug-likeness (QED) is 0.725. The fraction of sp³-hybridized carbons (Fsp3) is 0.615. The van der Waals surface area contributed by atoms with Gasteiger partial charge in [0.2, 0.25) is 5.91 Å². The molecule has 2 heterocycles. The topological polar surface area (TPSA) is 112 Å². The number of H-pyrrole nitrogens is 1. The molecule has 1 aliphatic heterocycles. The van der Waals surface area contributed by atoms with Crippen LogP contribution in [0.15, 0.2) is 6.33 Å². The summed E-state index contributed by atoms with van der Waals surface area (Å²) in [6, 6.07) is -1.57. The van der Waals surface area contributed by atoms with Gasteiger partial charge < -0.3 is 20.7 Å². The van der Waals surface area contributed by atoms with Crippen LogP contribution in [-0.2, 0) is 22.6 Å². The second kappa shape index (κ2) is 5.62. The second-order valence-electron chi connectivity index (χ2n) is 5.26. The number of aromatic nitrogens is 2. The Balaban J connectivity index is 2.24. The van der Waals surface area contributed by atoms with E-state index in [9.17, 15) is 14.7 Å². The monoisotopic (exact) mass is 280 g/mol. The van der Waals surface area contributed by atoms with Gasteiger partial charge in [-0.1, -0.05) is 20.3 Å². The number of nitrogens with two attached hydrogens (primary N) is 1. The van der Waals surface area contributed by atoms with Gasteiger partial charge >= 0.3 is 5.97 Å². The summed E-state index contributed by atoms with van der Waals surface area (Å²) < 4.78 is 0. The zero-order chi connectivity index (χ0) is 14.9. The van der Waals surface area contributed by atoms with E-state index in [2.05, 4.69) is 9.97 Å². The van der Waals surface area contributed by atoms with Crippen LogP contribution >= 0.6 is 0 Å². The van der Waals surface area contributed by atoms with Gasteiger partial charge in [0.15, 0.2) is 0 Å². The van der Waals surface area contributed by atoms with Crippen LogP contribution in [0.3, 0.4) is 0 Å². The van der Waals surface area contributed by atoms with Gasteiger partial charge in [-0.25, -0.2) is 9.78 Å². The van der Waals surface area contributed by atoms with Crippen molar-refractivity contribution in [2.75, 3.05) is 0 Å². The molecule has 20 heavy (non-hydrogen) atoms. The van der Waals surface area contributed by atoms with Crippen molar-refractivity contribution in [3.8, 4) is 0 Å². The van der Waals surface area contributed by atoms with Crippen molar-refractivity contribution in [2.45, 2.75) is 45.3 Å². The van der Waals surface area contributed by atoms with E-state index < -0.39 is 18.1 Å². The second-order valence-corrected chi connectivity index (χ2v) is 5.26. The Bertz CT molecular complexity index is 513. The molecule has 0 radical (unpaired) electrons. The molecule has 2 rings (SSSR count). The standard InChI is InChI=1S/C13H20N4O3/c1-3-7(2)11(14)12(18)17-5-9-8(15-6-16-9)4-10(17)13(19)20/h6-7,10-11H,3-5,14H2,1-2H3,(H,15,16)(H,19,20). The summed E-state index contributed by atoms with van der Waals surface area (Å²) in [6.45, 7) is 4.06. The van der Waals surface area contributed by atoms with Gasteiger partial charge in [0, 0.05) is 6.42 Å². The van der Waals surface area contributed by atoms with Crippen molar-refractivity contribution in [3.05, 3.63) is 17.7 Å². The normalized spacial score (nSPS) is 21.1. The predicted molar refractivity (Wildman–Crippen MR) is 71.7 cm³/mol. The molecule has 0 saturated heterocycles. The van der Waals surface area contributed by atoms with Crippen LogP contribution in [0.4, 0.5) is 0 Å². The van der Waals surface area contributed by atoms with E-state index in [4.69, 9.17) is 5.73 Å². The number of aliphatic carboxylic acids is 1. The van der Waals surface area contributed by atoms with E-state index in [1.807, 2.05) is 13.8 Å². The van der Waals surface area contributed by atoms with Crippen molar-refractivity contribution < 1.29 is 14.7 Å². The lowest BCUT2D eigenvalue weighted by Gasteiger charge is -2.35. The van der Waals surface area contributed by atoms with Gasteiger partial charge in [-0.2, -0.15) is 0 Å². The van der Waals surface area contributed by atoms with E-state index in [1.165, 1.54) is 11.2 Å². The van der Waals surface area contributed by atoms with Gasteiger partial charge in [0.05, 0.1) is 30.3 Å². The zero-order valence-electron chi connectivity index (χ0n) is 11.7. The number of hydrogen-bond donors (Lipinski definition) is 3. The van der Waals surface area contributed by atoms with Crippen molar-refractivity contribution in [1.82, 2.24) is 14.9 Å². The number of nitrogens with one attached hydrogen (secondary N) is 1. The summed E-state index contributed by atoms with van der Waals surface area (Å²) in [6.07, 6.45) is 2.51. The zero-order valence-corrected chi connectivity index (χ0v) is 11.7. The number of carbonyl (C=O) groups is 2. The summed E-state index contributed by atoms with van der Waals surface area (Å²) in [7, 11) is 0. The van der Waals surface area contributed by atoms with Crippen molar-refractivity contribution >= 4 is 11.9 Å². The molecule has 0 spiro atoms. The molecular formula is C13H20N4O3. The molecule has 1 amide bonds. The Kier molecular flexibility index (Phi) is 4.08. The number of aromatic amines is 1. The first-order valence-corrected chi connectivity index (χ1v) is 6.75. The van der Waals surface area contributed by atoms with Crippen LogP contribution in [0.1, 0.15) is 31.7 Å². The van der Waals surface area contributed by atoms with Crippen LogP contribution in [-0.4, -0.2) is 43.9 Å². The molecule has 0 bridgehead atoms. The highest BCUT2D eigenvalue weighted by Crippen LogP contribution is 2.22. The highest BCUT2D eigenvalue weighted by atomic mass is 16.4. The minimum absolute atomic E-state index is 0.0140. The van der Waals surface area contributed by atoms with E-state index >= 15 is 0 Å². The van der Waals surface area contributed by atoms with E-state index in [1.54, 1.807) is 0 Å². The van der Waals surface area contributed by atoms with Gasteiger partial charge in [-0.15, -0.1) is 0 Å². The average molecular weight is 280 g/mol. The van der Waals surface area contributed by atoms with Gasteiger partial charge in [-0.3, -0.25) is 4.79 Å². The van der Waals surface area contributed by atoms with Crippen LogP contribution in [0.25, 0.3) is 0 Å². The molecule has 0 saturated carbocycles. The SMILES string of the molecule is CCC(C)C(N)C(=O)N1Cc2[nH]cnc2CC1C(=O)O. The van der Waals surface area contributed by atoms with Crippen molar-refractivity contribution in [2.24, 2.45) is 11.7 Å². The first kappa shape index (κ1) is 14.5. The van der Waals surface area contributed by atoms with Crippen LogP contribution in [0.5, 0.6) is 0 Å². The van der Waals surface area contributed by atoms with Gasteiger partial charge in [0.25, 0.3) is 0 Å². The summed E-state index contributed by atoms with van der Waals surface area (Å²) >= 11 is 0. The molecule has 1 aromatic heterocycles. The first-order valence-electron chi connectivity index (χ1n) is 6.75. The Morgan fingerprint density at radius 2 is 2.35 bits per heavy atom. The predicted octanol–water partition coefficient (Wildman–Crippen LogP) is 0.121. The lowest BCUT2D eigenvalue weighted by Crippen LogP contribution is -2.55. The summed E-state index contributed by atoms with van der Waals surface area (Å²) in [5, 5.41) is 9.33. The third-order valence-corrected chi connectivity index (χ3v) is 4.01. The highest BCUT2D eigenvalue weighted by Gasteiger charge is 2.38. The maximum atomic E-state index is 12.4. The fourth-order valence-corrected chi connectivity index (χ4v) is 2.38. The minimum Gasteiger partial charge on any atom is -0.480 e. The number of imidazole rings is 1. The summed E-state index contributed by atoms with van der Waals surface area (Å²) in [4.78, 5) is 32.2. The molecule has 7 heteroatoms. The number of rotatable bonds is 4. The Morgan fingerprint density at radius 1 is 1.65 bits per heavy atom. The summed E-state index contributed by atoms with van der Waals surface area (Å²) in [5.41, 5.74) is 7.44. The molecule has 7 nitrogen and oxygen atoms in total. The number of carbonyl (C=O) groups excluding carboxylic acids is 1. The fourth-order valence-electron chi connectivity index (χ4n) is 2.38. The highest BCUT2D eigenvalue weighted by molar-refractivity contribution is 5.87. The molecule has 0 aromatic carbocycles. The van der Waals surface area contributed by atoms with E-state index in [0.29, 0.717) is 5.69 Å². The van der Waals surface area contributed by atoms with E-state index in [0.717, 1.165) is 12.1 Å². The van der Waals surface area contributed by atoms with Crippen LogP contribution in [0.2, 0.25) is 0 Å². The van der Waals surface area contributed by atoms with Gasteiger partial charge in [-0.05, 0) is 5.92 Å². The number of amides is 1. The molecule has 4 N–H and O–H groups in total. The smallest absolute Gasteiger partial charge is 0.326 e. The Labute approximate surface area is 117 Å². The molecule has 0 aliphatic carbocycles. The largest absolute Gasteiger partial charge is 0.480 e. The van der Waals surface area contributed by atoms with Crippen LogP contribution < -0.4 is 5.73 Å². The number of hydrogen-bond acceptors (Lipinski definition) is 4. The number of fused-ring (bicyclic) bond motifs is 1. The maximum Gasteiger partial charge on any atom is 0.326 e. The van der Waals surface area contributed by atoms with Gasteiger partial charge in [0.1, 0.15) is 6.04 Å². The molecule has 1 aliphatic rings. The maximum absolute atomic E-state index is 12.4. The molecule has 110 valence electrons. The number of carboxylic acids is 1. The molecular weight excluding hydrogens is 260 g/mol. The summed E-state index contributed by atoms with van der Waals surface area (Å²) in [5.74, 6) is -1.32. The van der Waals surface area contributed by atoms with Crippen molar-refractivity contribution in [3.63, 3.8) is 0 Å². The molecule has 0 fully saturated rings. The lowest BCUT2D eigenvalue weighted by molar-refractivity contribution is -0.152. The number of carboxylic acid groups (broad SMARTS) is 1. The molecule has 3 atom stereocenters. The third kappa shape index (κ3) is 2.53. The third-order valence-electron chi connectivity index (χ3n) is 4.01. The Morgan fingerprint density at radius 3 is 2.95 bits per heavy atom. The van der Waals surface area contributed by atoms with E-state index in [-0.39, 0.29) is 24.8 Å².